The molecule has 0 aromatic carbocycles. The molecule has 0 aliphatic carbocycles. The number of rotatable bonds is 2. The molecule has 0 bridgehead atoms. The van der Waals surface area contributed by atoms with Crippen LogP contribution < -0.4 is 0 Å². The standard InChI is InChI=1S/C12H21NS/c1-11(2,3)10-9(7-8-13-10)12(4,5)14-6/h7-8,13H,1-6H3. The van der Waals surface area contributed by atoms with Crippen molar-refractivity contribution in [2.75, 3.05) is 6.26 Å². The Labute approximate surface area is 91.7 Å². The Morgan fingerprint density at radius 3 is 2.14 bits per heavy atom. The summed E-state index contributed by atoms with van der Waals surface area (Å²) in [7, 11) is 0. The number of nitrogens with one attached hydrogen (secondary N) is 1. The van der Waals surface area contributed by atoms with Crippen molar-refractivity contribution in [3.63, 3.8) is 0 Å². The van der Waals surface area contributed by atoms with Crippen molar-refractivity contribution in [1.82, 2.24) is 4.98 Å². The molecular formula is C12H21NS. The van der Waals surface area contributed by atoms with Crippen LogP contribution >= 0.6 is 11.8 Å². The molecular weight excluding hydrogens is 190 g/mol. The smallest absolute Gasteiger partial charge is 0.0367 e. The Bertz CT molecular complexity index is 304. The van der Waals surface area contributed by atoms with Gasteiger partial charge < -0.3 is 4.98 Å². The maximum Gasteiger partial charge on any atom is 0.0367 e. The summed E-state index contributed by atoms with van der Waals surface area (Å²) >= 11 is 1.90. The van der Waals surface area contributed by atoms with Crippen molar-refractivity contribution in [2.45, 2.75) is 44.8 Å². The summed E-state index contributed by atoms with van der Waals surface area (Å²) in [6.45, 7) is 11.3. The Morgan fingerprint density at radius 1 is 1.14 bits per heavy atom. The van der Waals surface area contributed by atoms with Crippen LogP contribution in [0, 0.1) is 0 Å². The fourth-order valence-corrected chi connectivity index (χ4v) is 1.99. The van der Waals surface area contributed by atoms with E-state index in [9.17, 15) is 0 Å². The van der Waals surface area contributed by atoms with Gasteiger partial charge in [0.25, 0.3) is 0 Å². The van der Waals surface area contributed by atoms with E-state index in [0.29, 0.717) is 0 Å². The summed E-state index contributed by atoms with van der Waals surface area (Å²) in [6.07, 6.45) is 4.22. The Balaban J connectivity index is 3.18. The van der Waals surface area contributed by atoms with Crippen LogP contribution in [-0.2, 0) is 10.2 Å². The van der Waals surface area contributed by atoms with Gasteiger partial charge in [-0.05, 0) is 31.7 Å². The maximum absolute atomic E-state index is 3.37. The molecule has 0 saturated carbocycles. The molecule has 0 spiro atoms. The maximum atomic E-state index is 3.37. The zero-order valence-electron chi connectivity index (χ0n) is 10.1. The highest BCUT2D eigenvalue weighted by molar-refractivity contribution is 7.99. The lowest BCUT2D eigenvalue weighted by atomic mass is 9.86. The average Bonchev–Trinajstić information content (AvgIpc) is 2.51. The zero-order chi connectivity index (χ0) is 11.0. The van der Waals surface area contributed by atoms with Crippen molar-refractivity contribution in [2.24, 2.45) is 0 Å². The SMILES string of the molecule is CSC(C)(C)c1cc[nH]c1C(C)(C)C. The molecule has 0 atom stereocenters. The van der Waals surface area contributed by atoms with Crippen molar-refractivity contribution in [1.29, 1.82) is 0 Å². The first-order chi connectivity index (χ1) is 6.29. The van der Waals surface area contributed by atoms with Gasteiger partial charge in [-0.2, -0.15) is 11.8 Å². The molecule has 1 heterocycles. The molecule has 0 radical (unpaired) electrons. The van der Waals surface area contributed by atoms with Gasteiger partial charge in [0.05, 0.1) is 0 Å². The fourth-order valence-electron chi connectivity index (χ4n) is 1.60. The normalized spacial score (nSPS) is 13.3. The first-order valence-corrected chi connectivity index (χ1v) is 6.25. The van der Waals surface area contributed by atoms with Crippen molar-refractivity contribution < 1.29 is 0 Å². The number of hydrogen-bond acceptors (Lipinski definition) is 1. The predicted octanol–water partition coefficient (Wildman–Crippen LogP) is 3.91. The second kappa shape index (κ2) is 3.65. The Morgan fingerprint density at radius 2 is 1.71 bits per heavy atom. The minimum atomic E-state index is 0.197. The van der Waals surface area contributed by atoms with E-state index in [-0.39, 0.29) is 10.2 Å². The molecule has 1 N–H and O–H groups in total. The van der Waals surface area contributed by atoms with Gasteiger partial charge in [-0.1, -0.05) is 20.8 Å². The molecule has 0 unspecified atom stereocenters. The number of hydrogen-bond donors (Lipinski definition) is 1. The van der Waals surface area contributed by atoms with E-state index in [4.69, 9.17) is 0 Å². The lowest BCUT2D eigenvalue weighted by molar-refractivity contribution is 0.556. The molecule has 0 aliphatic heterocycles. The van der Waals surface area contributed by atoms with Crippen molar-refractivity contribution in [3.8, 4) is 0 Å². The van der Waals surface area contributed by atoms with Crippen LogP contribution in [0.15, 0.2) is 12.3 Å². The predicted molar refractivity (Wildman–Crippen MR) is 66.0 cm³/mol. The van der Waals surface area contributed by atoms with Crippen LogP contribution in [-0.4, -0.2) is 11.2 Å². The zero-order valence-corrected chi connectivity index (χ0v) is 10.9. The van der Waals surface area contributed by atoms with Gasteiger partial charge in [-0.15, -0.1) is 0 Å². The lowest BCUT2D eigenvalue weighted by Gasteiger charge is -2.28. The fraction of sp³-hybridized carbons (Fsp3) is 0.667. The van der Waals surface area contributed by atoms with E-state index in [2.05, 4.69) is 51.9 Å². The van der Waals surface area contributed by atoms with Crippen LogP contribution in [0.25, 0.3) is 0 Å². The molecule has 80 valence electrons. The van der Waals surface area contributed by atoms with E-state index in [1.54, 1.807) is 0 Å². The van der Waals surface area contributed by atoms with Crippen LogP contribution in [0.5, 0.6) is 0 Å². The van der Waals surface area contributed by atoms with E-state index in [1.165, 1.54) is 11.3 Å². The molecule has 0 amide bonds. The first kappa shape index (κ1) is 11.7. The van der Waals surface area contributed by atoms with Gasteiger partial charge in [0.1, 0.15) is 0 Å². The third-order valence-corrected chi connectivity index (χ3v) is 3.90. The van der Waals surface area contributed by atoms with Crippen molar-refractivity contribution >= 4 is 11.8 Å². The van der Waals surface area contributed by atoms with Crippen LogP contribution in [0.4, 0.5) is 0 Å². The van der Waals surface area contributed by atoms with Gasteiger partial charge >= 0.3 is 0 Å². The topological polar surface area (TPSA) is 15.8 Å². The molecule has 1 nitrogen and oxygen atoms in total. The highest BCUT2D eigenvalue weighted by Crippen LogP contribution is 2.39. The second-order valence-electron chi connectivity index (χ2n) is 5.23. The average molecular weight is 211 g/mol. The number of aromatic nitrogens is 1. The third-order valence-electron chi connectivity index (χ3n) is 2.66. The summed E-state index contributed by atoms with van der Waals surface area (Å²) in [5, 5.41) is 0. The third kappa shape index (κ3) is 2.17. The number of thioether (sulfide) groups is 1. The summed E-state index contributed by atoms with van der Waals surface area (Å²) in [6, 6.07) is 2.21. The molecule has 1 aromatic heterocycles. The van der Waals surface area contributed by atoms with Crippen LogP contribution in [0.1, 0.15) is 45.9 Å². The highest BCUT2D eigenvalue weighted by atomic mass is 32.2. The number of H-pyrrole nitrogens is 1. The quantitative estimate of drug-likeness (QED) is 0.784. The molecule has 0 saturated heterocycles. The largest absolute Gasteiger partial charge is 0.364 e. The van der Waals surface area contributed by atoms with Crippen LogP contribution in [0.2, 0.25) is 0 Å². The van der Waals surface area contributed by atoms with Crippen molar-refractivity contribution in [3.05, 3.63) is 23.5 Å². The minimum absolute atomic E-state index is 0.197. The van der Waals surface area contributed by atoms with Gasteiger partial charge in [-0.3, -0.25) is 0 Å². The van der Waals surface area contributed by atoms with Gasteiger partial charge in [-0.25, -0.2) is 0 Å². The monoisotopic (exact) mass is 211 g/mol. The summed E-state index contributed by atoms with van der Waals surface area (Å²) in [5.74, 6) is 0. The lowest BCUT2D eigenvalue weighted by Crippen LogP contribution is -2.20. The van der Waals surface area contributed by atoms with E-state index < -0.39 is 0 Å². The molecule has 0 fully saturated rings. The Kier molecular flexibility index (Phi) is 3.05. The van der Waals surface area contributed by atoms with E-state index in [1.807, 2.05) is 18.0 Å². The summed E-state index contributed by atoms with van der Waals surface area (Å²) < 4.78 is 0.197. The summed E-state index contributed by atoms with van der Waals surface area (Å²) in [4.78, 5) is 3.37. The molecule has 1 aromatic rings. The summed E-state index contributed by atoms with van der Waals surface area (Å²) in [5.41, 5.74) is 2.99. The minimum Gasteiger partial charge on any atom is -0.364 e. The van der Waals surface area contributed by atoms with Gasteiger partial charge in [0.15, 0.2) is 0 Å². The molecule has 2 heteroatoms. The second-order valence-corrected chi connectivity index (χ2v) is 6.66. The van der Waals surface area contributed by atoms with E-state index in [0.717, 1.165) is 0 Å². The van der Waals surface area contributed by atoms with Gasteiger partial charge in [0, 0.05) is 22.1 Å². The first-order valence-electron chi connectivity index (χ1n) is 5.02. The van der Waals surface area contributed by atoms with Crippen LogP contribution in [0.3, 0.4) is 0 Å². The molecule has 0 aliphatic rings. The Hall–Kier alpha value is -0.370. The molecule has 14 heavy (non-hydrogen) atoms. The molecule has 1 rings (SSSR count). The highest BCUT2D eigenvalue weighted by Gasteiger charge is 2.28. The van der Waals surface area contributed by atoms with Gasteiger partial charge in [0.2, 0.25) is 0 Å². The number of aromatic amines is 1. The van der Waals surface area contributed by atoms with E-state index >= 15 is 0 Å².